The normalized spacial score (nSPS) is 16.4. The van der Waals surface area contributed by atoms with Crippen LogP contribution in [0.1, 0.15) is 19.8 Å². The predicted octanol–water partition coefficient (Wildman–Crippen LogP) is 2.43. The first-order valence-corrected chi connectivity index (χ1v) is 9.05. The highest BCUT2D eigenvalue weighted by Crippen LogP contribution is 2.32. The Bertz CT molecular complexity index is 659. The lowest BCUT2D eigenvalue weighted by Crippen LogP contribution is -2.48. The Morgan fingerprint density at radius 3 is 2.52 bits per heavy atom. The summed E-state index contributed by atoms with van der Waals surface area (Å²) >= 11 is 12.0. The van der Waals surface area contributed by atoms with Gasteiger partial charge in [-0.3, -0.25) is 9.10 Å². The molecule has 2 rings (SSSR count). The van der Waals surface area contributed by atoms with Gasteiger partial charge in [-0.1, -0.05) is 23.2 Å². The summed E-state index contributed by atoms with van der Waals surface area (Å²) in [4.78, 5) is 12.2. The smallest absolute Gasteiger partial charge is 0.243 e. The fraction of sp³-hybridized carbons (Fsp3) is 0.462. The number of rotatable bonds is 5. The standard InChI is InChI=1S/C13H16Cl2N2O3S/c1-8(13(18)16-10-4-5-10)17(21(2,19)20)12-7-9(14)3-6-11(12)15/h3,6-8,10H,4-5H2,1-2H3,(H,16,18). The molecule has 1 N–H and O–H groups in total. The summed E-state index contributed by atoms with van der Waals surface area (Å²) in [7, 11) is -3.69. The number of benzene rings is 1. The predicted molar refractivity (Wildman–Crippen MR) is 84.4 cm³/mol. The van der Waals surface area contributed by atoms with Crippen LogP contribution in [0.4, 0.5) is 5.69 Å². The maximum absolute atomic E-state index is 12.2. The summed E-state index contributed by atoms with van der Waals surface area (Å²) in [6.07, 6.45) is 2.88. The molecule has 0 aromatic heterocycles. The summed E-state index contributed by atoms with van der Waals surface area (Å²) in [6.45, 7) is 1.52. The minimum Gasteiger partial charge on any atom is -0.352 e. The number of nitrogens with zero attached hydrogens (tertiary/aromatic N) is 1. The van der Waals surface area contributed by atoms with Gasteiger partial charge < -0.3 is 5.32 Å². The molecule has 0 spiro atoms. The zero-order valence-corrected chi connectivity index (χ0v) is 14.0. The Labute approximate surface area is 134 Å². The molecular weight excluding hydrogens is 335 g/mol. The van der Waals surface area contributed by atoms with E-state index < -0.39 is 16.1 Å². The largest absolute Gasteiger partial charge is 0.352 e. The quantitative estimate of drug-likeness (QED) is 0.886. The summed E-state index contributed by atoms with van der Waals surface area (Å²) < 4.78 is 25.2. The average Bonchev–Trinajstić information content (AvgIpc) is 3.16. The minimum absolute atomic E-state index is 0.149. The van der Waals surface area contributed by atoms with Crippen molar-refractivity contribution < 1.29 is 13.2 Å². The van der Waals surface area contributed by atoms with Gasteiger partial charge in [0.2, 0.25) is 15.9 Å². The first-order valence-electron chi connectivity index (χ1n) is 6.45. The van der Waals surface area contributed by atoms with E-state index in [2.05, 4.69) is 5.32 Å². The number of amides is 1. The van der Waals surface area contributed by atoms with Gasteiger partial charge in [0.25, 0.3) is 0 Å². The molecule has 0 radical (unpaired) electrons. The van der Waals surface area contributed by atoms with Crippen molar-refractivity contribution >= 4 is 44.8 Å². The number of hydrogen-bond acceptors (Lipinski definition) is 3. The molecule has 1 saturated carbocycles. The van der Waals surface area contributed by atoms with Gasteiger partial charge in [-0.05, 0) is 38.0 Å². The first kappa shape index (κ1) is 16.4. The average molecular weight is 351 g/mol. The van der Waals surface area contributed by atoms with E-state index in [4.69, 9.17) is 23.2 Å². The molecule has 0 bridgehead atoms. The lowest BCUT2D eigenvalue weighted by Gasteiger charge is -2.29. The highest BCUT2D eigenvalue weighted by Gasteiger charge is 2.33. The number of carbonyl (C=O) groups is 1. The molecule has 0 aliphatic heterocycles. The first-order chi connectivity index (χ1) is 9.70. The van der Waals surface area contributed by atoms with E-state index in [1.165, 1.54) is 19.1 Å². The molecule has 1 aromatic carbocycles. The second-order valence-electron chi connectivity index (χ2n) is 5.11. The Balaban J connectivity index is 2.38. The van der Waals surface area contributed by atoms with Crippen LogP contribution >= 0.6 is 23.2 Å². The molecule has 116 valence electrons. The molecule has 1 unspecified atom stereocenters. The van der Waals surface area contributed by atoms with Crippen LogP contribution in [-0.4, -0.2) is 32.7 Å². The second kappa shape index (κ2) is 6.02. The van der Waals surface area contributed by atoms with Crippen LogP contribution < -0.4 is 9.62 Å². The Hall–Kier alpha value is -0.980. The zero-order valence-electron chi connectivity index (χ0n) is 11.6. The molecule has 21 heavy (non-hydrogen) atoms. The molecular formula is C13H16Cl2N2O3S. The molecule has 1 aliphatic rings. The number of nitrogens with one attached hydrogen (secondary N) is 1. The van der Waals surface area contributed by atoms with E-state index in [9.17, 15) is 13.2 Å². The Morgan fingerprint density at radius 1 is 1.38 bits per heavy atom. The van der Waals surface area contributed by atoms with Crippen molar-refractivity contribution in [3.05, 3.63) is 28.2 Å². The molecule has 1 fully saturated rings. The molecule has 1 aliphatic carbocycles. The number of halogens is 2. The number of anilines is 1. The summed E-state index contributed by atoms with van der Waals surface area (Å²) in [5, 5.41) is 3.35. The molecule has 0 heterocycles. The fourth-order valence-electron chi connectivity index (χ4n) is 1.99. The van der Waals surface area contributed by atoms with Crippen molar-refractivity contribution in [2.45, 2.75) is 31.8 Å². The molecule has 1 aromatic rings. The maximum atomic E-state index is 12.2. The van der Waals surface area contributed by atoms with Crippen molar-refractivity contribution in [3.63, 3.8) is 0 Å². The van der Waals surface area contributed by atoms with E-state index in [0.29, 0.717) is 5.02 Å². The van der Waals surface area contributed by atoms with E-state index in [1.54, 1.807) is 6.07 Å². The summed E-state index contributed by atoms with van der Waals surface area (Å²) in [6, 6.07) is 3.74. The minimum atomic E-state index is -3.69. The molecule has 1 amide bonds. The molecule has 5 nitrogen and oxygen atoms in total. The van der Waals surface area contributed by atoms with Crippen LogP contribution in [0, 0.1) is 0 Å². The van der Waals surface area contributed by atoms with Gasteiger partial charge in [-0.15, -0.1) is 0 Å². The Morgan fingerprint density at radius 2 is 2.00 bits per heavy atom. The third kappa shape index (κ3) is 4.02. The van der Waals surface area contributed by atoms with Crippen molar-refractivity contribution in [1.29, 1.82) is 0 Å². The van der Waals surface area contributed by atoms with E-state index in [0.717, 1.165) is 23.4 Å². The van der Waals surface area contributed by atoms with Gasteiger partial charge in [-0.2, -0.15) is 0 Å². The Kier molecular flexibility index (Phi) is 4.70. The zero-order chi connectivity index (χ0) is 15.8. The second-order valence-corrected chi connectivity index (χ2v) is 7.82. The fourth-order valence-corrected chi connectivity index (χ4v) is 3.59. The third-order valence-corrected chi connectivity index (χ3v) is 4.94. The van der Waals surface area contributed by atoms with Gasteiger partial charge in [0, 0.05) is 11.1 Å². The van der Waals surface area contributed by atoms with Gasteiger partial charge >= 0.3 is 0 Å². The molecule has 1 atom stereocenters. The van der Waals surface area contributed by atoms with Crippen LogP contribution in [0.5, 0.6) is 0 Å². The lowest BCUT2D eigenvalue weighted by atomic mass is 10.2. The SMILES string of the molecule is CC(C(=O)NC1CC1)N(c1cc(Cl)ccc1Cl)S(C)(=O)=O. The third-order valence-electron chi connectivity index (χ3n) is 3.16. The van der Waals surface area contributed by atoms with E-state index in [1.807, 2.05) is 0 Å². The van der Waals surface area contributed by atoms with Crippen molar-refractivity contribution in [3.8, 4) is 0 Å². The highest BCUT2D eigenvalue weighted by atomic mass is 35.5. The van der Waals surface area contributed by atoms with E-state index >= 15 is 0 Å². The summed E-state index contributed by atoms with van der Waals surface area (Å²) in [5.41, 5.74) is 0.199. The lowest BCUT2D eigenvalue weighted by molar-refractivity contribution is -0.121. The van der Waals surface area contributed by atoms with Crippen molar-refractivity contribution in [1.82, 2.24) is 5.32 Å². The highest BCUT2D eigenvalue weighted by molar-refractivity contribution is 7.92. The number of hydrogen-bond donors (Lipinski definition) is 1. The maximum Gasteiger partial charge on any atom is 0.243 e. The van der Waals surface area contributed by atoms with Crippen LogP contribution in [0.2, 0.25) is 10.0 Å². The monoisotopic (exact) mass is 350 g/mol. The van der Waals surface area contributed by atoms with Crippen LogP contribution in [0.3, 0.4) is 0 Å². The van der Waals surface area contributed by atoms with Gasteiger partial charge in [-0.25, -0.2) is 8.42 Å². The van der Waals surface area contributed by atoms with Gasteiger partial charge in [0.05, 0.1) is 17.0 Å². The number of carbonyl (C=O) groups excluding carboxylic acids is 1. The van der Waals surface area contributed by atoms with Gasteiger partial charge in [0.1, 0.15) is 6.04 Å². The topological polar surface area (TPSA) is 66.5 Å². The van der Waals surface area contributed by atoms with E-state index in [-0.39, 0.29) is 22.7 Å². The number of sulfonamides is 1. The summed E-state index contributed by atoms with van der Waals surface area (Å²) in [5.74, 6) is -0.348. The van der Waals surface area contributed by atoms with Crippen molar-refractivity contribution in [2.75, 3.05) is 10.6 Å². The van der Waals surface area contributed by atoms with Crippen LogP contribution in [0.15, 0.2) is 18.2 Å². The molecule has 8 heteroatoms. The van der Waals surface area contributed by atoms with Gasteiger partial charge in [0.15, 0.2) is 0 Å². The van der Waals surface area contributed by atoms with Crippen molar-refractivity contribution in [2.24, 2.45) is 0 Å². The van der Waals surface area contributed by atoms with Crippen LogP contribution in [-0.2, 0) is 14.8 Å². The molecule has 0 saturated heterocycles. The van der Waals surface area contributed by atoms with Crippen LogP contribution in [0.25, 0.3) is 0 Å².